The van der Waals surface area contributed by atoms with E-state index in [4.69, 9.17) is 0 Å². The molecule has 2 heterocycles. The quantitative estimate of drug-likeness (QED) is 0.780. The zero-order valence-corrected chi connectivity index (χ0v) is 9.79. The van der Waals surface area contributed by atoms with Crippen molar-refractivity contribution in [2.24, 2.45) is 10.2 Å². The predicted octanol–water partition coefficient (Wildman–Crippen LogP) is 1.27. The van der Waals surface area contributed by atoms with Crippen LogP contribution in [0.2, 0.25) is 0 Å². The molecule has 6 nitrogen and oxygen atoms in total. The number of nitrogens with zero attached hydrogens (tertiary/aromatic N) is 4. The summed E-state index contributed by atoms with van der Waals surface area (Å²) < 4.78 is 0. The molecule has 89 valence electrons. The van der Waals surface area contributed by atoms with Crippen molar-refractivity contribution in [1.29, 1.82) is 0 Å². The summed E-state index contributed by atoms with van der Waals surface area (Å²) in [5, 5.41) is 9.18. The summed E-state index contributed by atoms with van der Waals surface area (Å²) in [5.41, 5.74) is 4.02. The number of pyridine rings is 1. The van der Waals surface area contributed by atoms with E-state index in [-0.39, 0.29) is 13.5 Å². The van der Waals surface area contributed by atoms with Gasteiger partial charge in [0.1, 0.15) is 0 Å². The standard InChI is InChI=1S/C10H11N5O.CH3/c1-8-7-15(10(16)14-13-8)12-6-9-3-2-4-11-5-9;/h2-6H,7H2,1H3,(H,14,16);1H3/b12-6+;. The zero-order chi connectivity index (χ0) is 11.4. The highest BCUT2D eigenvalue weighted by Gasteiger charge is 2.16. The predicted molar refractivity (Wildman–Crippen MR) is 66.6 cm³/mol. The summed E-state index contributed by atoms with van der Waals surface area (Å²) in [4.78, 5) is 15.3. The van der Waals surface area contributed by atoms with E-state index in [9.17, 15) is 4.79 Å². The van der Waals surface area contributed by atoms with Gasteiger partial charge in [0.15, 0.2) is 0 Å². The van der Waals surface area contributed by atoms with E-state index in [2.05, 4.69) is 20.6 Å². The number of hydrazone groups is 2. The molecule has 0 aliphatic carbocycles. The summed E-state index contributed by atoms with van der Waals surface area (Å²) in [5.74, 6) is 0. The third-order valence-corrected chi connectivity index (χ3v) is 1.99. The fraction of sp³-hybridized carbons (Fsp3) is 0.182. The molecule has 0 spiro atoms. The molecule has 2 amide bonds. The SMILES string of the molecule is CC1=NNC(=O)N(/N=C/c2cccnc2)C1.[CH3]. The number of hydrogen-bond donors (Lipinski definition) is 1. The Morgan fingerprint density at radius 3 is 3.12 bits per heavy atom. The number of aromatic nitrogens is 1. The lowest BCUT2D eigenvalue weighted by Crippen LogP contribution is -2.42. The molecule has 1 radical (unpaired) electrons. The minimum atomic E-state index is -0.328. The topological polar surface area (TPSA) is 70.0 Å². The third kappa shape index (κ3) is 3.37. The van der Waals surface area contributed by atoms with E-state index in [1.54, 1.807) is 18.6 Å². The maximum atomic E-state index is 11.3. The van der Waals surface area contributed by atoms with Crippen molar-refractivity contribution in [2.75, 3.05) is 6.54 Å². The Morgan fingerprint density at radius 1 is 1.59 bits per heavy atom. The molecule has 0 saturated heterocycles. The molecule has 0 saturated carbocycles. The summed E-state index contributed by atoms with van der Waals surface area (Å²) in [6.45, 7) is 2.23. The maximum absolute atomic E-state index is 11.3. The Labute approximate surface area is 100 Å². The second-order valence-electron chi connectivity index (χ2n) is 3.35. The van der Waals surface area contributed by atoms with E-state index in [0.29, 0.717) is 6.54 Å². The van der Waals surface area contributed by atoms with Gasteiger partial charge in [-0.2, -0.15) is 10.2 Å². The van der Waals surface area contributed by atoms with Gasteiger partial charge in [0.05, 0.1) is 18.5 Å². The van der Waals surface area contributed by atoms with Crippen LogP contribution in [0.15, 0.2) is 34.7 Å². The van der Waals surface area contributed by atoms with Crippen molar-refractivity contribution in [1.82, 2.24) is 15.4 Å². The lowest BCUT2D eigenvalue weighted by molar-refractivity contribution is 0.204. The second-order valence-corrected chi connectivity index (χ2v) is 3.35. The van der Waals surface area contributed by atoms with Crippen LogP contribution in [0, 0.1) is 7.43 Å². The largest absolute Gasteiger partial charge is 0.358 e. The third-order valence-electron chi connectivity index (χ3n) is 1.99. The summed E-state index contributed by atoms with van der Waals surface area (Å²) in [6.07, 6.45) is 4.94. The van der Waals surface area contributed by atoms with E-state index < -0.39 is 0 Å². The van der Waals surface area contributed by atoms with Crippen LogP contribution in [0.4, 0.5) is 4.79 Å². The number of amides is 2. The summed E-state index contributed by atoms with van der Waals surface area (Å²) >= 11 is 0. The van der Waals surface area contributed by atoms with Crippen molar-refractivity contribution in [3.05, 3.63) is 37.5 Å². The van der Waals surface area contributed by atoms with Crippen LogP contribution in [0.3, 0.4) is 0 Å². The van der Waals surface area contributed by atoms with Gasteiger partial charge in [-0.1, -0.05) is 13.5 Å². The fourth-order valence-electron chi connectivity index (χ4n) is 1.21. The van der Waals surface area contributed by atoms with Crippen molar-refractivity contribution in [2.45, 2.75) is 6.92 Å². The number of carbonyl (C=O) groups is 1. The molecule has 1 aromatic heterocycles. The first-order valence-electron chi connectivity index (χ1n) is 4.80. The normalized spacial score (nSPS) is 15.2. The molecule has 1 aliphatic heterocycles. The van der Waals surface area contributed by atoms with E-state index in [1.165, 1.54) is 5.01 Å². The Balaban J connectivity index is 0.00000144. The molecule has 6 heteroatoms. The van der Waals surface area contributed by atoms with Crippen LogP contribution in [-0.2, 0) is 0 Å². The van der Waals surface area contributed by atoms with E-state index in [0.717, 1.165) is 11.3 Å². The van der Waals surface area contributed by atoms with Gasteiger partial charge in [-0.15, -0.1) is 0 Å². The summed E-state index contributed by atoms with van der Waals surface area (Å²) in [7, 11) is 0. The van der Waals surface area contributed by atoms with Crippen molar-refractivity contribution >= 4 is 18.0 Å². The monoisotopic (exact) mass is 232 g/mol. The average Bonchev–Trinajstić information content (AvgIpc) is 2.32. The smallest absolute Gasteiger partial charge is 0.264 e. The first-order chi connectivity index (χ1) is 7.75. The van der Waals surface area contributed by atoms with Crippen LogP contribution in [-0.4, -0.2) is 34.5 Å². The molecule has 17 heavy (non-hydrogen) atoms. The van der Waals surface area contributed by atoms with Crippen LogP contribution >= 0.6 is 0 Å². The van der Waals surface area contributed by atoms with Gasteiger partial charge < -0.3 is 0 Å². The van der Waals surface area contributed by atoms with Gasteiger partial charge in [0.25, 0.3) is 0 Å². The molecule has 0 unspecified atom stereocenters. The maximum Gasteiger partial charge on any atom is 0.358 e. The van der Waals surface area contributed by atoms with Crippen LogP contribution in [0.1, 0.15) is 12.5 Å². The molecular weight excluding hydrogens is 218 g/mol. The molecule has 0 aromatic carbocycles. The van der Waals surface area contributed by atoms with Gasteiger partial charge in [-0.25, -0.2) is 15.2 Å². The van der Waals surface area contributed by atoms with E-state index in [1.807, 2.05) is 19.1 Å². The molecule has 0 bridgehead atoms. The highest BCUT2D eigenvalue weighted by Crippen LogP contribution is 1.99. The Kier molecular flexibility index (Phi) is 4.33. The van der Waals surface area contributed by atoms with Gasteiger partial charge in [-0.3, -0.25) is 4.98 Å². The van der Waals surface area contributed by atoms with Gasteiger partial charge in [0.2, 0.25) is 0 Å². The van der Waals surface area contributed by atoms with Crippen LogP contribution in [0.5, 0.6) is 0 Å². The Bertz CT molecular complexity index is 440. The lowest BCUT2D eigenvalue weighted by atomic mass is 10.3. The van der Waals surface area contributed by atoms with Gasteiger partial charge in [0, 0.05) is 18.0 Å². The van der Waals surface area contributed by atoms with Crippen molar-refractivity contribution in [3.63, 3.8) is 0 Å². The van der Waals surface area contributed by atoms with E-state index >= 15 is 0 Å². The highest BCUT2D eigenvalue weighted by molar-refractivity contribution is 5.92. The molecule has 0 fully saturated rings. The van der Waals surface area contributed by atoms with Crippen LogP contribution < -0.4 is 5.43 Å². The molecule has 1 aromatic rings. The minimum absolute atomic E-state index is 0. The van der Waals surface area contributed by atoms with Crippen molar-refractivity contribution in [3.8, 4) is 0 Å². The van der Waals surface area contributed by atoms with Gasteiger partial charge >= 0.3 is 6.03 Å². The number of nitrogens with one attached hydrogen (secondary N) is 1. The minimum Gasteiger partial charge on any atom is -0.264 e. The number of hydrogen-bond acceptors (Lipinski definition) is 4. The molecular formula is C11H14N5O. The van der Waals surface area contributed by atoms with Gasteiger partial charge in [-0.05, 0) is 13.0 Å². The van der Waals surface area contributed by atoms with Crippen molar-refractivity contribution < 1.29 is 4.79 Å². The fourth-order valence-corrected chi connectivity index (χ4v) is 1.21. The Hall–Kier alpha value is -2.24. The average molecular weight is 232 g/mol. The van der Waals surface area contributed by atoms with Crippen LogP contribution in [0.25, 0.3) is 0 Å². The highest BCUT2D eigenvalue weighted by atomic mass is 16.2. The molecule has 1 N–H and O–H groups in total. The number of carbonyl (C=O) groups excluding carboxylic acids is 1. The number of rotatable bonds is 2. The molecule has 1 aliphatic rings. The second kappa shape index (κ2) is 5.74. The number of urea groups is 1. The summed E-state index contributed by atoms with van der Waals surface area (Å²) in [6, 6.07) is 3.34. The molecule has 0 atom stereocenters. The lowest BCUT2D eigenvalue weighted by Gasteiger charge is -2.20. The Morgan fingerprint density at radius 2 is 2.41 bits per heavy atom. The first kappa shape index (κ1) is 12.8. The first-order valence-corrected chi connectivity index (χ1v) is 4.80. The molecule has 2 rings (SSSR count). The zero-order valence-electron chi connectivity index (χ0n) is 9.79.